The number of nitrogens with one attached hydrogen (secondary N) is 1. The minimum absolute atomic E-state index is 0.243. The molecule has 0 bridgehead atoms. The van der Waals surface area contributed by atoms with E-state index in [1.807, 2.05) is 0 Å². The summed E-state index contributed by atoms with van der Waals surface area (Å²) in [5.74, 6) is -1.51. The number of carbonyl (C=O) groups is 4. The normalized spacial score (nSPS) is 13.6. The molecule has 0 aliphatic heterocycles. The molecule has 1 aliphatic rings. The number of carbonyl (C=O) groups excluding carboxylic acids is 4. The number of hydrogen-bond acceptors (Lipinski definition) is 6. The van der Waals surface area contributed by atoms with Crippen LogP contribution >= 0.6 is 15.9 Å². The number of esters is 1. The fourth-order valence-electron chi connectivity index (χ4n) is 3.01. The fraction of sp³-hybridized carbons (Fsp3) is 0.429. The van der Waals surface area contributed by atoms with Crippen LogP contribution in [0.5, 0.6) is 0 Å². The number of Topliss-reactive ketones (excluding diaryl/α,β-unsaturated/α-hetero) is 1. The average Bonchev–Trinajstić information content (AvgIpc) is 2.75. The van der Waals surface area contributed by atoms with Gasteiger partial charge in [0, 0.05) is 27.2 Å². The van der Waals surface area contributed by atoms with Gasteiger partial charge in [0.1, 0.15) is 0 Å². The van der Waals surface area contributed by atoms with Gasteiger partial charge in [-0.05, 0) is 51.7 Å². The molecule has 1 N–H and O–H groups in total. The largest absolute Gasteiger partial charge is 0.454 e. The summed E-state index contributed by atoms with van der Waals surface area (Å²) >= 11 is 3.30. The van der Waals surface area contributed by atoms with E-state index >= 15 is 0 Å². The van der Waals surface area contributed by atoms with Gasteiger partial charge in [-0.2, -0.15) is 0 Å². The van der Waals surface area contributed by atoms with E-state index in [9.17, 15) is 19.2 Å². The molecule has 0 radical (unpaired) electrons. The highest BCUT2D eigenvalue weighted by Crippen LogP contribution is 2.27. The molecule has 0 saturated carbocycles. The molecule has 2 rings (SSSR count). The summed E-state index contributed by atoms with van der Waals surface area (Å²) in [5.41, 5.74) is 3.33. The lowest BCUT2D eigenvalue weighted by Crippen LogP contribution is -2.51. The molecule has 2 amide bonds. The average molecular weight is 481 g/mol. The molecular weight excluding hydrogens is 456 g/mol. The van der Waals surface area contributed by atoms with E-state index in [1.54, 1.807) is 38.1 Å². The molecule has 1 aliphatic carbocycles. The second-order valence-corrected chi connectivity index (χ2v) is 7.96. The molecule has 0 heterocycles. The Hall–Kier alpha value is -2.68. The van der Waals surface area contributed by atoms with Gasteiger partial charge in [0.05, 0.1) is 7.11 Å². The molecule has 162 valence electrons. The first-order chi connectivity index (χ1) is 14.2. The molecular formula is C21H25BrN2O6. The molecule has 30 heavy (non-hydrogen) atoms. The van der Waals surface area contributed by atoms with Gasteiger partial charge in [0.25, 0.3) is 5.91 Å². The van der Waals surface area contributed by atoms with Gasteiger partial charge in [0.15, 0.2) is 12.4 Å². The zero-order valence-electron chi connectivity index (χ0n) is 17.2. The van der Waals surface area contributed by atoms with E-state index in [2.05, 4.69) is 26.1 Å². The first kappa shape index (κ1) is 23.6. The van der Waals surface area contributed by atoms with Crippen molar-refractivity contribution in [3.63, 3.8) is 0 Å². The predicted octanol–water partition coefficient (Wildman–Crippen LogP) is 3.55. The van der Waals surface area contributed by atoms with Crippen LogP contribution in [0.3, 0.4) is 0 Å². The lowest BCUT2D eigenvalue weighted by Gasteiger charge is -2.29. The summed E-state index contributed by atoms with van der Waals surface area (Å²) in [4.78, 5) is 49.5. The second-order valence-electron chi connectivity index (χ2n) is 7.04. The maximum Gasteiger partial charge on any atom is 0.425 e. The third kappa shape index (κ3) is 6.16. The Morgan fingerprint density at radius 3 is 2.23 bits per heavy atom. The van der Waals surface area contributed by atoms with Crippen LogP contribution in [0.25, 0.3) is 0 Å². The lowest BCUT2D eigenvalue weighted by molar-refractivity contribution is -0.139. The Balaban J connectivity index is 2.15. The van der Waals surface area contributed by atoms with Crippen molar-refractivity contribution in [1.82, 2.24) is 10.4 Å². The monoisotopic (exact) mass is 480 g/mol. The van der Waals surface area contributed by atoms with E-state index in [-0.39, 0.29) is 23.0 Å². The minimum atomic E-state index is -0.780. The number of halogens is 1. The summed E-state index contributed by atoms with van der Waals surface area (Å²) in [5, 5.41) is 1.13. The van der Waals surface area contributed by atoms with Gasteiger partial charge < -0.3 is 9.47 Å². The number of hydrogen-bond donors (Lipinski definition) is 1. The number of ketones is 1. The van der Waals surface area contributed by atoms with Gasteiger partial charge in [-0.15, -0.1) is 0 Å². The first-order valence-corrected chi connectivity index (χ1v) is 10.4. The number of nitrogens with zero attached hydrogens (tertiary/aromatic N) is 1. The molecule has 8 nitrogen and oxygen atoms in total. The van der Waals surface area contributed by atoms with Crippen molar-refractivity contribution in [2.75, 3.05) is 13.7 Å². The van der Waals surface area contributed by atoms with Crippen LogP contribution in [0.2, 0.25) is 0 Å². The molecule has 0 saturated heterocycles. The van der Waals surface area contributed by atoms with Gasteiger partial charge in [-0.3, -0.25) is 9.59 Å². The Kier molecular flexibility index (Phi) is 8.58. The number of ether oxygens (including phenoxy) is 2. The maximum atomic E-state index is 13.0. The van der Waals surface area contributed by atoms with Crippen molar-refractivity contribution >= 4 is 39.7 Å². The number of rotatable bonds is 6. The van der Waals surface area contributed by atoms with Crippen molar-refractivity contribution in [1.29, 1.82) is 0 Å². The summed E-state index contributed by atoms with van der Waals surface area (Å²) in [6.07, 6.45) is 1.44. The summed E-state index contributed by atoms with van der Waals surface area (Å²) in [6, 6.07) is 6.36. The van der Waals surface area contributed by atoms with Gasteiger partial charge in [-0.25, -0.2) is 20.0 Å². The first-order valence-electron chi connectivity index (χ1n) is 9.60. The summed E-state index contributed by atoms with van der Waals surface area (Å²) in [6.45, 7) is 3.04. The van der Waals surface area contributed by atoms with Crippen LogP contribution in [0.4, 0.5) is 4.79 Å². The number of benzene rings is 1. The standard InChI is InChI=1S/C21H25BrN2O6/c1-13(2)24(23-21(28)29-3)19(26)16-6-4-5-7-17(16)20(27)30-12-18(25)14-8-10-15(22)11-9-14/h8-11,13H,4-7,12H2,1-3H3,(H,23,28). The molecule has 0 fully saturated rings. The van der Waals surface area contributed by atoms with Crippen molar-refractivity contribution in [2.45, 2.75) is 45.6 Å². The highest BCUT2D eigenvalue weighted by atomic mass is 79.9. The number of methoxy groups -OCH3 is 1. The summed E-state index contributed by atoms with van der Waals surface area (Å²) in [7, 11) is 1.20. The Labute approximate surface area is 183 Å². The zero-order chi connectivity index (χ0) is 22.3. The molecule has 0 spiro atoms. The van der Waals surface area contributed by atoms with Gasteiger partial charge >= 0.3 is 12.1 Å². The SMILES string of the molecule is COC(=O)NN(C(=O)C1=C(C(=O)OCC(=O)c2ccc(Br)cc2)CCCC1)C(C)C. The van der Waals surface area contributed by atoms with Gasteiger partial charge in [0.2, 0.25) is 0 Å². The minimum Gasteiger partial charge on any atom is -0.454 e. The highest BCUT2D eigenvalue weighted by Gasteiger charge is 2.30. The topological polar surface area (TPSA) is 102 Å². The maximum absolute atomic E-state index is 13.0. The zero-order valence-corrected chi connectivity index (χ0v) is 18.8. The number of amides is 2. The molecule has 9 heteroatoms. The van der Waals surface area contributed by atoms with E-state index in [0.29, 0.717) is 18.4 Å². The van der Waals surface area contributed by atoms with Crippen LogP contribution < -0.4 is 5.43 Å². The molecule has 0 aromatic heterocycles. The third-order valence-electron chi connectivity index (χ3n) is 4.61. The van der Waals surface area contributed by atoms with Crippen LogP contribution in [0, 0.1) is 0 Å². The Bertz CT molecular complexity index is 848. The highest BCUT2D eigenvalue weighted by molar-refractivity contribution is 9.10. The van der Waals surface area contributed by atoms with E-state index in [1.165, 1.54) is 7.11 Å². The van der Waals surface area contributed by atoms with Crippen LogP contribution in [0.1, 0.15) is 49.9 Å². The Morgan fingerprint density at radius 1 is 1.07 bits per heavy atom. The van der Waals surface area contributed by atoms with Crippen molar-refractivity contribution < 1.29 is 28.7 Å². The second kappa shape index (κ2) is 10.9. The molecule has 1 aromatic rings. The van der Waals surface area contributed by atoms with Crippen molar-refractivity contribution in [3.8, 4) is 0 Å². The van der Waals surface area contributed by atoms with E-state index < -0.39 is 24.6 Å². The smallest absolute Gasteiger partial charge is 0.425 e. The third-order valence-corrected chi connectivity index (χ3v) is 5.13. The van der Waals surface area contributed by atoms with Crippen LogP contribution in [-0.4, -0.2) is 48.5 Å². The predicted molar refractivity (Wildman–Crippen MR) is 112 cm³/mol. The van der Waals surface area contributed by atoms with E-state index in [0.717, 1.165) is 22.3 Å². The van der Waals surface area contributed by atoms with Gasteiger partial charge in [-0.1, -0.05) is 28.1 Å². The van der Waals surface area contributed by atoms with Crippen LogP contribution in [-0.2, 0) is 19.1 Å². The Morgan fingerprint density at radius 2 is 1.67 bits per heavy atom. The fourth-order valence-corrected chi connectivity index (χ4v) is 3.27. The molecule has 0 atom stereocenters. The lowest BCUT2D eigenvalue weighted by atomic mass is 9.91. The van der Waals surface area contributed by atoms with Crippen molar-refractivity contribution in [3.05, 3.63) is 45.4 Å². The van der Waals surface area contributed by atoms with Crippen LogP contribution in [0.15, 0.2) is 39.9 Å². The van der Waals surface area contributed by atoms with Crippen molar-refractivity contribution in [2.24, 2.45) is 0 Å². The molecule has 1 aromatic carbocycles. The quantitative estimate of drug-likeness (QED) is 0.379. The number of hydrazine groups is 1. The summed E-state index contributed by atoms with van der Waals surface area (Å²) < 4.78 is 10.6. The van der Waals surface area contributed by atoms with E-state index in [4.69, 9.17) is 4.74 Å². The molecule has 0 unspecified atom stereocenters.